The standard InChI is InChI=1S/C24H17N3O3/c1-29-21-11-6-5-10-20(21)23-18(16-27(26-23)19-8-3-2-4-9-19)14-17(15-25)24(28)22-12-7-13-30-22/h2-14,16H,1H3/b17-14+. The summed E-state index contributed by atoms with van der Waals surface area (Å²) in [6.45, 7) is 0. The maximum atomic E-state index is 12.7. The molecule has 0 atom stereocenters. The SMILES string of the molecule is COc1ccccc1-c1nn(-c2ccccc2)cc1/C=C(\C#N)C(=O)c1ccco1. The zero-order valence-corrected chi connectivity index (χ0v) is 16.1. The van der Waals surface area contributed by atoms with Gasteiger partial charge in [-0.3, -0.25) is 4.79 Å². The fourth-order valence-corrected chi connectivity index (χ4v) is 3.10. The molecule has 0 bridgehead atoms. The third kappa shape index (κ3) is 3.64. The number of para-hydroxylation sites is 2. The van der Waals surface area contributed by atoms with Gasteiger partial charge in [-0.15, -0.1) is 0 Å². The number of benzene rings is 2. The lowest BCUT2D eigenvalue weighted by molar-refractivity contribution is 0.101. The molecule has 146 valence electrons. The average molecular weight is 395 g/mol. The van der Waals surface area contributed by atoms with E-state index in [0.29, 0.717) is 17.0 Å². The van der Waals surface area contributed by atoms with Crippen LogP contribution in [0.25, 0.3) is 23.0 Å². The van der Waals surface area contributed by atoms with Gasteiger partial charge in [0.1, 0.15) is 23.1 Å². The van der Waals surface area contributed by atoms with E-state index in [1.54, 1.807) is 24.1 Å². The number of nitrogens with zero attached hydrogens (tertiary/aromatic N) is 3. The Morgan fingerprint density at radius 1 is 1.10 bits per heavy atom. The van der Waals surface area contributed by atoms with Crippen molar-refractivity contribution < 1.29 is 13.9 Å². The van der Waals surface area contributed by atoms with E-state index in [0.717, 1.165) is 11.3 Å². The summed E-state index contributed by atoms with van der Waals surface area (Å²) in [5, 5.41) is 14.3. The van der Waals surface area contributed by atoms with Crippen LogP contribution >= 0.6 is 0 Å². The van der Waals surface area contributed by atoms with Crippen LogP contribution in [0.4, 0.5) is 0 Å². The summed E-state index contributed by atoms with van der Waals surface area (Å²) in [6.07, 6.45) is 4.71. The van der Waals surface area contributed by atoms with E-state index < -0.39 is 5.78 Å². The molecule has 30 heavy (non-hydrogen) atoms. The number of nitriles is 1. The smallest absolute Gasteiger partial charge is 0.238 e. The summed E-state index contributed by atoms with van der Waals surface area (Å²) < 4.78 is 12.4. The number of ketones is 1. The minimum absolute atomic E-state index is 0.0475. The van der Waals surface area contributed by atoms with Gasteiger partial charge in [0.15, 0.2) is 5.76 Å². The second kappa shape index (κ2) is 8.33. The minimum atomic E-state index is -0.485. The van der Waals surface area contributed by atoms with Crippen molar-refractivity contribution in [2.24, 2.45) is 0 Å². The van der Waals surface area contributed by atoms with Gasteiger partial charge < -0.3 is 9.15 Å². The van der Waals surface area contributed by atoms with Gasteiger partial charge in [0.25, 0.3) is 0 Å². The summed E-state index contributed by atoms with van der Waals surface area (Å²) in [5.74, 6) is 0.263. The lowest BCUT2D eigenvalue weighted by Gasteiger charge is -2.07. The number of hydrogen-bond donors (Lipinski definition) is 0. The number of rotatable bonds is 6. The fraction of sp³-hybridized carbons (Fsp3) is 0.0417. The molecule has 0 radical (unpaired) electrons. The van der Waals surface area contributed by atoms with Crippen molar-refractivity contribution in [1.82, 2.24) is 9.78 Å². The third-order valence-electron chi connectivity index (χ3n) is 4.54. The number of allylic oxidation sites excluding steroid dienone is 1. The molecule has 0 aliphatic heterocycles. The fourth-order valence-electron chi connectivity index (χ4n) is 3.10. The number of methoxy groups -OCH3 is 1. The summed E-state index contributed by atoms with van der Waals surface area (Å²) in [6, 6.07) is 22.2. The first-order valence-corrected chi connectivity index (χ1v) is 9.19. The Labute approximate surface area is 173 Å². The number of Topliss-reactive ketones (excluding diaryl/α,β-unsaturated/α-hetero) is 1. The monoisotopic (exact) mass is 395 g/mol. The van der Waals surface area contributed by atoms with E-state index in [1.807, 2.05) is 60.7 Å². The quantitative estimate of drug-likeness (QED) is 0.263. The highest BCUT2D eigenvalue weighted by atomic mass is 16.5. The van der Waals surface area contributed by atoms with Crippen molar-refractivity contribution in [3.05, 3.63) is 96.1 Å². The van der Waals surface area contributed by atoms with E-state index in [4.69, 9.17) is 14.3 Å². The van der Waals surface area contributed by atoms with Gasteiger partial charge in [0.2, 0.25) is 5.78 Å². The number of aromatic nitrogens is 2. The number of carbonyl (C=O) groups is 1. The van der Waals surface area contributed by atoms with E-state index in [1.165, 1.54) is 18.4 Å². The highest BCUT2D eigenvalue weighted by molar-refractivity contribution is 6.12. The summed E-state index contributed by atoms with van der Waals surface area (Å²) in [7, 11) is 1.59. The molecule has 6 nitrogen and oxygen atoms in total. The average Bonchev–Trinajstić information content (AvgIpc) is 3.48. The molecule has 0 aliphatic carbocycles. The molecular formula is C24H17N3O3. The van der Waals surface area contributed by atoms with Crippen LogP contribution in [0.1, 0.15) is 16.1 Å². The van der Waals surface area contributed by atoms with Gasteiger partial charge >= 0.3 is 0 Å². The van der Waals surface area contributed by atoms with E-state index in [-0.39, 0.29) is 11.3 Å². The maximum Gasteiger partial charge on any atom is 0.238 e. The van der Waals surface area contributed by atoms with Crippen LogP contribution in [0, 0.1) is 11.3 Å². The van der Waals surface area contributed by atoms with Crippen LogP contribution in [0.2, 0.25) is 0 Å². The predicted molar refractivity (Wildman–Crippen MR) is 112 cm³/mol. The first kappa shape index (κ1) is 19.0. The number of ether oxygens (including phenoxy) is 1. The Hall–Kier alpha value is -4.37. The Bertz CT molecular complexity index is 1250. The highest BCUT2D eigenvalue weighted by Crippen LogP contribution is 2.33. The van der Waals surface area contributed by atoms with E-state index in [9.17, 15) is 10.1 Å². The first-order chi connectivity index (χ1) is 14.7. The van der Waals surface area contributed by atoms with Gasteiger partial charge in [-0.1, -0.05) is 30.3 Å². The molecule has 0 N–H and O–H groups in total. The van der Waals surface area contributed by atoms with E-state index in [2.05, 4.69) is 0 Å². The van der Waals surface area contributed by atoms with Gasteiger partial charge in [-0.2, -0.15) is 10.4 Å². The van der Waals surface area contributed by atoms with Gasteiger partial charge in [-0.25, -0.2) is 4.68 Å². The van der Waals surface area contributed by atoms with Crippen LogP contribution in [-0.2, 0) is 0 Å². The summed E-state index contributed by atoms with van der Waals surface area (Å²) in [4.78, 5) is 12.7. The van der Waals surface area contributed by atoms with Crippen LogP contribution in [0.5, 0.6) is 5.75 Å². The molecule has 0 amide bonds. The maximum absolute atomic E-state index is 12.7. The molecule has 0 unspecified atom stereocenters. The van der Waals surface area contributed by atoms with Crippen molar-refractivity contribution in [1.29, 1.82) is 5.26 Å². The Morgan fingerprint density at radius 3 is 2.57 bits per heavy atom. The van der Waals surface area contributed by atoms with E-state index >= 15 is 0 Å². The Balaban J connectivity index is 1.88. The zero-order valence-electron chi connectivity index (χ0n) is 16.1. The second-order valence-electron chi connectivity index (χ2n) is 6.39. The number of carbonyl (C=O) groups excluding carboxylic acids is 1. The molecule has 4 rings (SSSR count). The lowest BCUT2D eigenvalue weighted by Crippen LogP contribution is -2.00. The third-order valence-corrected chi connectivity index (χ3v) is 4.54. The Kier molecular flexibility index (Phi) is 5.27. The topological polar surface area (TPSA) is 81.0 Å². The van der Waals surface area contributed by atoms with Crippen LogP contribution in [0.3, 0.4) is 0 Å². The zero-order chi connectivity index (χ0) is 20.9. The van der Waals surface area contributed by atoms with Crippen molar-refractivity contribution in [2.45, 2.75) is 0 Å². The molecule has 2 aromatic carbocycles. The van der Waals surface area contributed by atoms with Crippen molar-refractivity contribution in [2.75, 3.05) is 7.11 Å². The van der Waals surface area contributed by atoms with Crippen molar-refractivity contribution in [3.8, 4) is 28.8 Å². The lowest BCUT2D eigenvalue weighted by atomic mass is 10.0. The molecule has 0 saturated carbocycles. The summed E-state index contributed by atoms with van der Waals surface area (Å²) in [5.41, 5.74) is 2.76. The molecule has 2 heterocycles. The minimum Gasteiger partial charge on any atom is -0.496 e. The van der Waals surface area contributed by atoms with Crippen molar-refractivity contribution >= 4 is 11.9 Å². The number of furan rings is 1. The normalized spacial score (nSPS) is 11.1. The molecule has 0 spiro atoms. The van der Waals surface area contributed by atoms with Crippen molar-refractivity contribution in [3.63, 3.8) is 0 Å². The predicted octanol–water partition coefficient (Wildman–Crippen LogP) is 4.93. The molecule has 2 aromatic heterocycles. The number of hydrogen-bond acceptors (Lipinski definition) is 5. The first-order valence-electron chi connectivity index (χ1n) is 9.19. The summed E-state index contributed by atoms with van der Waals surface area (Å²) >= 11 is 0. The Morgan fingerprint density at radius 2 is 1.87 bits per heavy atom. The molecule has 4 aromatic rings. The van der Waals surface area contributed by atoms with Crippen LogP contribution in [0.15, 0.2) is 89.2 Å². The van der Waals surface area contributed by atoms with Gasteiger partial charge in [-0.05, 0) is 42.5 Å². The largest absolute Gasteiger partial charge is 0.496 e. The molecule has 0 aliphatic rings. The molecule has 0 fully saturated rings. The van der Waals surface area contributed by atoms with Gasteiger partial charge in [0.05, 0.1) is 19.1 Å². The van der Waals surface area contributed by atoms with Crippen LogP contribution < -0.4 is 4.74 Å². The highest BCUT2D eigenvalue weighted by Gasteiger charge is 2.19. The van der Waals surface area contributed by atoms with Crippen LogP contribution in [-0.4, -0.2) is 22.7 Å². The molecule has 0 saturated heterocycles. The molecule has 6 heteroatoms. The van der Waals surface area contributed by atoms with Gasteiger partial charge in [0, 0.05) is 17.3 Å². The molecular weight excluding hydrogens is 378 g/mol. The second-order valence-corrected chi connectivity index (χ2v) is 6.39.